The van der Waals surface area contributed by atoms with Gasteiger partial charge in [0, 0.05) is 40.5 Å². The standard InChI is InChI=1S/C39H49BClN5O6/c1-36(2,3)49-24-32(35(47)50-37(4,5)6)44-20-27-15-31(41)28(16-34(27)48-23-26-14-25(17-42)18-43-19-26)22-46-33-13-11-12-30(29(33)21-45-46)40-51-38(7,8)39(9,10)52-40/h11-16,18-19,21,32,44H,20,22-24H2,1-10H3/t32-/m0/s1. The Labute approximate surface area is 312 Å². The number of hydrogen-bond donors (Lipinski definition) is 1. The second-order valence-corrected chi connectivity index (χ2v) is 16.5. The molecule has 5 rings (SSSR count). The summed E-state index contributed by atoms with van der Waals surface area (Å²) in [6.45, 7) is 20.2. The van der Waals surface area contributed by atoms with Crippen molar-refractivity contribution in [3.05, 3.63) is 82.3 Å². The number of nitriles is 1. The van der Waals surface area contributed by atoms with E-state index in [1.165, 1.54) is 6.20 Å². The minimum Gasteiger partial charge on any atom is -0.489 e. The predicted octanol–water partition coefficient (Wildman–Crippen LogP) is 6.50. The number of hydrogen-bond acceptors (Lipinski definition) is 10. The number of fused-ring (bicyclic) bond motifs is 1. The molecule has 0 amide bonds. The average Bonchev–Trinajstić information content (AvgIpc) is 3.55. The summed E-state index contributed by atoms with van der Waals surface area (Å²) in [6, 6.07) is 12.8. The highest BCUT2D eigenvalue weighted by Gasteiger charge is 2.52. The van der Waals surface area contributed by atoms with Gasteiger partial charge in [-0.1, -0.05) is 23.7 Å². The largest absolute Gasteiger partial charge is 0.495 e. The van der Waals surface area contributed by atoms with Gasteiger partial charge in [-0.3, -0.25) is 19.8 Å². The summed E-state index contributed by atoms with van der Waals surface area (Å²) in [5.41, 5.74) is 2.37. The monoisotopic (exact) mass is 729 g/mol. The molecule has 1 saturated heterocycles. The van der Waals surface area contributed by atoms with Crippen LogP contribution in [0.1, 0.15) is 91.5 Å². The van der Waals surface area contributed by atoms with E-state index < -0.39 is 41.5 Å². The summed E-state index contributed by atoms with van der Waals surface area (Å²) in [5.74, 6) is 0.120. The summed E-state index contributed by atoms with van der Waals surface area (Å²) in [4.78, 5) is 17.4. The Balaban J connectivity index is 1.45. The highest BCUT2D eigenvalue weighted by molar-refractivity contribution is 6.65. The van der Waals surface area contributed by atoms with Gasteiger partial charge < -0.3 is 23.5 Å². The number of benzene rings is 2. The van der Waals surface area contributed by atoms with Gasteiger partial charge in [-0.25, -0.2) is 0 Å². The molecule has 1 aliphatic rings. The molecule has 1 fully saturated rings. The molecule has 2 aromatic carbocycles. The molecule has 4 aromatic rings. The van der Waals surface area contributed by atoms with Gasteiger partial charge in [0.2, 0.25) is 0 Å². The number of rotatable bonds is 12. The summed E-state index contributed by atoms with van der Waals surface area (Å²) < 4.78 is 32.7. The van der Waals surface area contributed by atoms with Crippen LogP contribution in [0, 0.1) is 11.3 Å². The van der Waals surface area contributed by atoms with Crippen LogP contribution in [-0.2, 0) is 43.3 Å². The van der Waals surface area contributed by atoms with Gasteiger partial charge >= 0.3 is 13.1 Å². The fraction of sp³-hybridized carbons (Fsp3) is 0.487. The van der Waals surface area contributed by atoms with Crippen LogP contribution in [0.25, 0.3) is 10.9 Å². The third-order valence-electron chi connectivity index (χ3n) is 9.01. The summed E-state index contributed by atoms with van der Waals surface area (Å²) >= 11 is 6.98. The van der Waals surface area contributed by atoms with Crippen LogP contribution >= 0.6 is 11.6 Å². The van der Waals surface area contributed by atoms with Gasteiger partial charge in [0.05, 0.1) is 47.2 Å². The first kappa shape index (κ1) is 39.2. The number of nitrogens with zero attached hydrogens (tertiary/aromatic N) is 4. The molecule has 2 aromatic heterocycles. The molecule has 0 aliphatic carbocycles. The van der Waals surface area contributed by atoms with E-state index in [1.807, 2.05) is 110 Å². The molecule has 0 unspecified atom stereocenters. The first-order chi connectivity index (χ1) is 24.2. The summed E-state index contributed by atoms with van der Waals surface area (Å²) in [7, 11) is -0.533. The molecule has 276 valence electrons. The number of aromatic nitrogens is 3. The van der Waals surface area contributed by atoms with Crippen molar-refractivity contribution in [2.45, 2.75) is 117 Å². The Bertz CT molecular complexity index is 1940. The predicted molar refractivity (Wildman–Crippen MR) is 201 cm³/mol. The molecule has 1 atom stereocenters. The maximum Gasteiger partial charge on any atom is 0.495 e. The number of halogens is 1. The lowest BCUT2D eigenvalue weighted by atomic mass is 9.77. The van der Waals surface area contributed by atoms with E-state index >= 15 is 0 Å². The van der Waals surface area contributed by atoms with Gasteiger partial charge in [-0.05, 0) is 105 Å². The molecule has 1 aliphatic heterocycles. The van der Waals surface area contributed by atoms with Crippen LogP contribution < -0.4 is 15.5 Å². The molecule has 0 spiro atoms. The van der Waals surface area contributed by atoms with Crippen LogP contribution in [0.15, 0.2) is 55.0 Å². The van der Waals surface area contributed by atoms with Crippen LogP contribution in [-0.4, -0.2) is 62.9 Å². The molecular weight excluding hydrogens is 681 g/mol. The maximum absolute atomic E-state index is 13.2. The second-order valence-electron chi connectivity index (χ2n) is 16.1. The molecule has 1 N–H and O–H groups in total. The number of carbonyl (C=O) groups is 1. The van der Waals surface area contributed by atoms with Crippen molar-refractivity contribution in [1.82, 2.24) is 20.1 Å². The molecule has 52 heavy (non-hydrogen) atoms. The first-order valence-electron chi connectivity index (χ1n) is 17.4. The van der Waals surface area contributed by atoms with Crippen molar-refractivity contribution in [3.8, 4) is 11.8 Å². The molecule has 11 nitrogen and oxygen atoms in total. The van der Waals surface area contributed by atoms with Gasteiger partial charge in [-0.2, -0.15) is 10.4 Å². The SMILES string of the molecule is CC(C)(C)OC[C@H](NCc1cc(Cl)c(Cn2ncc3c(B4OC(C)(C)C(C)(C)O4)cccc32)cc1OCc1cncc(C#N)c1)C(=O)OC(C)(C)C. The smallest absolute Gasteiger partial charge is 0.489 e. The highest BCUT2D eigenvalue weighted by atomic mass is 35.5. The van der Waals surface area contributed by atoms with Crippen molar-refractivity contribution in [2.75, 3.05) is 6.61 Å². The molecule has 0 bridgehead atoms. The van der Waals surface area contributed by atoms with Gasteiger partial charge in [0.25, 0.3) is 0 Å². The molecular formula is C39H49BClN5O6. The Kier molecular flexibility index (Phi) is 11.4. The topological polar surface area (TPSA) is 130 Å². The van der Waals surface area contributed by atoms with Crippen LogP contribution in [0.5, 0.6) is 5.75 Å². The number of pyridine rings is 1. The zero-order valence-electron chi connectivity index (χ0n) is 31.8. The zero-order chi connectivity index (χ0) is 38.1. The number of carbonyl (C=O) groups excluding carboxylic acids is 1. The van der Waals surface area contributed by atoms with Crippen molar-refractivity contribution < 1.29 is 28.3 Å². The highest BCUT2D eigenvalue weighted by Crippen LogP contribution is 2.37. The van der Waals surface area contributed by atoms with Gasteiger partial charge in [0.1, 0.15) is 30.1 Å². The van der Waals surface area contributed by atoms with E-state index in [9.17, 15) is 10.1 Å². The Morgan fingerprint density at radius 3 is 2.38 bits per heavy atom. The van der Waals surface area contributed by atoms with Crippen molar-refractivity contribution >= 4 is 41.1 Å². The first-order valence-corrected chi connectivity index (χ1v) is 17.8. The quantitative estimate of drug-likeness (QED) is 0.128. The van der Waals surface area contributed by atoms with Gasteiger partial charge in [-0.15, -0.1) is 0 Å². The number of esters is 1. The van der Waals surface area contributed by atoms with Crippen LogP contribution in [0.2, 0.25) is 5.02 Å². The lowest BCUT2D eigenvalue weighted by Crippen LogP contribution is -2.45. The van der Waals surface area contributed by atoms with E-state index in [0.29, 0.717) is 22.9 Å². The normalized spacial score (nSPS) is 16.2. The minimum absolute atomic E-state index is 0.104. The number of nitrogens with one attached hydrogen (secondary N) is 1. The zero-order valence-corrected chi connectivity index (χ0v) is 32.6. The second kappa shape index (κ2) is 15.2. The van der Waals surface area contributed by atoms with Crippen LogP contribution in [0.4, 0.5) is 0 Å². The third kappa shape index (κ3) is 9.51. The van der Waals surface area contributed by atoms with Crippen molar-refractivity contribution in [1.29, 1.82) is 5.26 Å². The van der Waals surface area contributed by atoms with E-state index in [0.717, 1.165) is 33.1 Å². The van der Waals surface area contributed by atoms with E-state index in [-0.39, 0.29) is 19.8 Å². The lowest BCUT2D eigenvalue weighted by Gasteiger charge is -2.32. The van der Waals surface area contributed by atoms with Gasteiger partial charge in [0.15, 0.2) is 0 Å². The summed E-state index contributed by atoms with van der Waals surface area (Å²) in [5, 5.41) is 18.9. The molecule has 3 heterocycles. The fourth-order valence-electron chi connectivity index (χ4n) is 5.56. The van der Waals surface area contributed by atoms with Crippen molar-refractivity contribution in [3.63, 3.8) is 0 Å². The molecule has 0 saturated carbocycles. The van der Waals surface area contributed by atoms with E-state index in [1.54, 1.807) is 12.3 Å². The molecule has 13 heteroatoms. The van der Waals surface area contributed by atoms with Crippen molar-refractivity contribution in [2.24, 2.45) is 0 Å². The fourth-order valence-corrected chi connectivity index (χ4v) is 5.80. The van der Waals surface area contributed by atoms with E-state index in [2.05, 4.69) is 16.4 Å². The number of ether oxygens (including phenoxy) is 3. The molecule has 0 radical (unpaired) electrons. The Hall–Kier alpha value is -3.99. The Morgan fingerprint density at radius 2 is 1.73 bits per heavy atom. The van der Waals surface area contributed by atoms with Crippen LogP contribution in [0.3, 0.4) is 0 Å². The summed E-state index contributed by atoms with van der Waals surface area (Å²) in [6.07, 6.45) is 4.98. The van der Waals surface area contributed by atoms with E-state index in [4.69, 9.17) is 40.2 Å². The maximum atomic E-state index is 13.2. The minimum atomic E-state index is -0.755. The average molecular weight is 730 g/mol. The Morgan fingerprint density at radius 1 is 1.02 bits per heavy atom. The third-order valence-corrected chi connectivity index (χ3v) is 9.36. The lowest BCUT2D eigenvalue weighted by molar-refractivity contribution is -0.160.